The number of hydrogen-bond acceptors (Lipinski definition) is 2. The molecule has 0 radical (unpaired) electrons. The molecule has 0 fully saturated rings. The molecule has 0 bridgehead atoms. The van der Waals surface area contributed by atoms with Crippen LogP contribution in [0.15, 0.2) is 18.2 Å². The summed E-state index contributed by atoms with van der Waals surface area (Å²) >= 11 is 0. The third-order valence-corrected chi connectivity index (χ3v) is 2.82. The lowest BCUT2D eigenvalue weighted by Gasteiger charge is -2.11. The summed E-state index contributed by atoms with van der Waals surface area (Å²) in [5, 5.41) is 0. The molecule has 0 saturated carbocycles. The maximum absolute atomic E-state index is 11.2. The lowest BCUT2D eigenvalue weighted by atomic mass is 9.99. The van der Waals surface area contributed by atoms with Crippen LogP contribution in [0.5, 0.6) is 5.75 Å². The van der Waals surface area contributed by atoms with E-state index in [9.17, 15) is 4.79 Å². The van der Waals surface area contributed by atoms with Crippen LogP contribution in [0.2, 0.25) is 0 Å². The molecule has 0 aromatic heterocycles. The highest BCUT2D eigenvalue weighted by molar-refractivity contribution is 5.81. The van der Waals surface area contributed by atoms with Crippen LogP contribution < -0.4 is 4.74 Å². The first kappa shape index (κ1) is 10.2. The smallest absolute Gasteiger partial charge is 0.170 e. The van der Waals surface area contributed by atoms with Crippen molar-refractivity contribution in [2.24, 2.45) is 0 Å². The molecule has 1 aromatic rings. The molecule has 0 amide bonds. The van der Waals surface area contributed by atoms with Crippen molar-refractivity contribution in [2.75, 3.05) is 6.61 Å². The third kappa shape index (κ3) is 2.20. The second-order valence-corrected chi connectivity index (χ2v) is 4.35. The molecule has 1 aliphatic heterocycles. The normalized spacial score (nSPS) is 15.8. The molecule has 0 unspecified atom stereocenters. The second kappa shape index (κ2) is 4.05. The molecule has 0 N–H and O–H groups in total. The van der Waals surface area contributed by atoms with Crippen LogP contribution in [0, 0.1) is 0 Å². The Morgan fingerprint density at radius 1 is 1.27 bits per heavy atom. The van der Waals surface area contributed by atoms with Gasteiger partial charge in [0.2, 0.25) is 0 Å². The van der Waals surface area contributed by atoms with E-state index in [-0.39, 0.29) is 12.4 Å². The highest BCUT2D eigenvalue weighted by atomic mass is 16.5. The van der Waals surface area contributed by atoms with Gasteiger partial charge in [0.1, 0.15) is 12.4 Å². The number of benzene rings is 1. The van der Waals surface area contributed by atoms with Gasteiger partial charge in [-0.1, -0.05) is 26.0 Å². The van der Waals surface area contributed by atoms with Crippen LogP contribution >= 0.6 is 0 Å². The monoisotopic (exact) mass is 204 g/mol. The van der Waals surface area contributed by atoms with Gasteiger partial charge in [0.05, 0.1) is 0 Å². The predicted molar refractivity (Wildman–Crippen MR) is 59.4 cm³/mol. The molecule has 1 heterocycles. The Hall–Kier alpha value is -1.31. The van der Waals surface area contributed by atoms with Gasteiger partial charge in [-0.2, -0.15) is 0 Å². The van der Waals surface area contributed by atoms with Gasteiger partial charge in [-0.3, -0.25) is 4.79 Å². The third-order valence-electron chi connectivity index (χ3n) is 2.82. The maximum Gasteiger partial charge on any atom is 0.170 e. The topological polar surface area (TPSA) is 26.3 Å². The molecule has 15 heavy (non-hydrogen) atoms. The number of rotatable bonds is 1. The van der Waals surface area contributed by atoms with Gasteiger partial charge < -0.3 is 4.74 Å². The van der Waals surface area contributed by atoms with E-state index in [2.05, 4.69) is 32.0 Å². The summed E-state index contributed by atoms with van der Waals surface area (Å²) in [5.41, 5.74) is 2.42. The van der Waals surface area contributed by atoms with E-state index in [1.165, 1.54) is 5.56 Å². The zero-order valence-electron chi connectivity index (χ0n) is 9.25. The lowest BCUT2D eigenvalue weighted by Crippen LogP contribution is -2.08. The van der Waals surface area contributed by atoms with Gasteiger partial charge in [0.15, 0.2) is 5.78 Å². The van der Waals surface area contributed by atoms with Gasteiger partial charge in [0.25, 0.3) is 0 Å². The minimum atomic E-state index is 0.192. The number of fused-ring (bicyclic) bond motifs is 1. The first-order valence-corrected chi connectivity index (χ1v) is 5.44. The lowest BCUT2D eigenvalue weighted by molar-refractivity contribution is -0.120. The number of Topliss-reactive ketones (excluding diaryl/α,β-unsaturated/α-hetero) is 1. The van der Waals surface area contributed by atoms with E-state index in [0.29, 0.717) is 12.3 Å². The van der Waals surface area contributed by atoms with Crippen LogP contribution in [0.1, 0.15) is 37.3 Å². The first-order chi connectivity index (χ1) is 7.16. The summed E-state index contributed by atoms with van der Waals surface area (Å²) in [5.74, 6) is 1.59. The fourth-order valence-electron chi connectivity index (χ4n) is 1.78. The molecule has 1 aromatic carbocycles. The molecular weight excluding hydrogens is 188 g/mol. The molecule has 1 aliphatic rings. The van der Waals surface area contributed by atoms with Crippen molar-refractivity contribution >= 4 is 5.78 Å². The van der Waals surface area contributed by atoms with E-state index >= 15 is 0 Å². The largest absolute Gasteiger partial charge is 0.486 e. The molecule has 80 valence electrons. The summed E-state index contributed by atoms with van der Waals surface area (Å²) in [6.45, 7) is 4.54. The first-order valence-electron chi connectivity index (χ1n) is 5.44. The average Bonchev–Trinajstić information content (AvgIpc) is 2.40. The summed E-state index contributed by atoms with van der Waals surface area (Å²) in [4.78, 5) is 11.2. The van der Waals surface area contributed by atoms with Crippen LogP contribution in [-0.4, -0.2) is 12.4 Å². The Morgan fingerprint density at radius 3 is 2.80 bits per heavy atom. The standard InChI is InChI=1S/C13H16O2/c1-9(2)11-4-3-10-5-6-12(14)8-15-13(10)7-11/h3-4,7,9H,5-6,8H2,1-2H3. The Kier molecular flexibility index (Phi) is 2.76. The fourth-order valence-corrected chi connectivity index (χ4v) is 1.78. The molecule has 2 rings (SSSR count). The van der Waals surface area contributed by atoms with E-state index in [0.717, 1.165) is 17.7 Å². The minimum absolute atomic E-state index is 0.192. The maximum atomic E-state index is 11.2. The Bertz CT molecular complexity index is 380. The van der Waals surface area contributed by atoms with E-state index < -0.39 is 0 Å². The minimum Gasteiger partial charge on any atom is -0.486 e. The summed E-state index contributed by atoms with van der Waals surface area (Å²) in [6.07, 6.45) is 1.42. The van der Waals surface area contributed by atoms with Crippen LogP contribution in [0.4, 0.5) is 0 Å². The average molecular weight is 204 g/mol. The van der Waals surface area contributed by atoms with Crippen LogP contribution in [0.3, 0.4) is 0 Å². The Balaban J connectivity index is 2.32. The zero-order valence-corrected chi connectivity index (χ0v) is 9.25. The molecule has 0 spiro atoms. The highest BCUT2D eigenvalue weighted by Gasteiger charge is 2.14. The Morgan fingerprint density at radius 2 is 2.07 bits per heavy atom. The van der Waals surface area contributed by atoms with E-state index in [1.54, 1.807) is 0 Å². The number of hydrogen-bond donors (Lipinski definition) is 0. The van der Waals surface area contributed by atoms with Gasteiger partial charge >= 0.3 is 0 Å². The molecule has 0 atom stereocenters. The molecule has 2 nitrogen and oxygen atoms in total. The zero-order chi connectivity index (χ0) is 10.8. The van der Waals surface area contributed by atoms with Crippen LogP contribution in [0.25, 0.3) is 0 Å². The quantitative estimate of drug-likeness (QED) is 0.703. The summed E-state index contributed by atoms with van der Waals surface area (Å²) in [6, 6.07) is 6.28. The number of ketones is 1. The molecule has 2 heteroatoms. The van der Waals surface area contributed by atoms with Crippen molar-refractivity contribution in [2.45, 2.75) is 32.6 Å². The number of carbonyl (C=O) groups is 1. The van der Waals surface area contributed by atoms with E-state index in [1.807, 2.05) is 0 Å². The van der Waals surface area contributed by atoms with E-state index in [4.69, 9.17) is 4.74 Å². The van der Waals surface area contributed by atoms with Crippen molar-refractivity contribution in [1.29, 1.82) is 0 Å². The second-order valence-electron chi connectivity index (χ2n) is 4.35. The van der Waals surface area contributed by atoms with Crippen molar-refractivity contribution in [3.8, 4) is 5.75 Å². The Labute approximate surface area is 90.3 Å². The van der Waals surface area contributed by atoms with Gasteiger partial charge in [-0.15, -0.1) is 0 Å². The van der Waals surface area contributed by atoms with Gasteiger partial charge in [-0.25, -0.2) is 0 Å². The molecular formula is C13H16O2. The summed E-state index contributed by atoms with van der Waals surface area (Å²) in [7, 11) is 0. The van der Waals surface area contributed by atoms with Crippen molar-refractivity contribution in [1.82, 2.24) is 0 Å². The number of ether oxygens (including phenoxy) is 1. The van der Waals surface area contributed by atoms with Gasteiger partial charge in [-0.05, 0) is 29.5 Å². The van der Waals surface area contributed by atoms with Crippen molar-refractivity contribution in [3.63, 3.8) is 0 Å². The van der Waals surface area contributed by atoms with Crippen molar-refractivity contribution in [3.05, 3.63) is 29.3 Å². The molecule has 0 saturated heterocycles. The van der Waals surface area contributed by atoms with Gasteiger partial charge in [0, 0.05) is 6.42 Å². The van der Waals surface area contributed by atoms with Crippen molar-refractivity contribution < 1.29 is 9.53 Å². The fraction of sp³-hybridized carbons (Fsp3) is 0.462. The summed E-state index contributed by atoms with van der Waals surface area (Å²) < 4.78 is 5.50. The number of aryl methyl sites for hydroxylation is 1. The van der Waals surface area contributed by atoms with Crippen LogP contribution in [-0.2, 0) is 11.2 Å². The SMILES string of the molecule is CC(C)c1ccc2c(c1)OCC(=O)CC2. The molecule has 0 aliphatic carbocycles. The highest BCUT2D eigenvalue weighted by Crippen LogP contribution is 2.27. The predicted octanol–water partition coefficient (Wildman–Crippen LogP) is 2.70. The number of carbonyl (C=O) groups excluding carboxylic acids is 1.